The van der Waals surface area contributed by atoms with E-state index in [-0.39, 0.29) is 17.9 Å². The van der Waals surface area contributed by atoms with Gasteiger partial charge < -0.3 is 14.5 Å². The molecular formula is C14H26N2O3. The molecule has 1 unspecified atom stereocenters. The maximum absolute atomic E-state index is 12.5. The SMILES string of the molecule is CCCN(CCC)C(=O)C1CCCN(C(=O)OC)C1. The summed E-state index contributed by atoms with van der Waals surface area (Å²) in [6.07, 6.45) is 3.36. The molecule has 1 aliphatic rings. The molecule has 0 aromatic rings. The molecule has 1 saturated heterocycles. The monoisotopic (exact) mass is 270 g/mol. The van der Waals surface area contributed by atoms with Gasteiger partial charge in [0.2, 0.25) is 5.91 Å². The average molecular weight is 270 g/mol. The number of ether oxygens (including phenoxy) is 1. The second-order valence-electron chi connectivity index (χ2n) is 5.08. The van der Waals surface area contributed by atoms with Crippen LogP contribution in [0.25, 0.3) is 0 Å². The van der Waals surface area contributed by atoms with Crippen molar-refractivity contribution in [3.05, 3.63) is 0 Å². The van der Waals surface area contributed by atoms with Crippen LogP contribution in [-0.4, -0.2) is 55.1 Å². The van der Waals surface area contributed by atoms with Crippen molar-refractivity contribution in [2.24, 2.45) is 5.92 Å². The molecule has 5 heteroatoms. The Morgan fingerprint density at radius 2 is 1.89 bits per heavy atom. The highest BCUT2D eigenvalue weighted by molar-refractivity contribution is 5.80. The van der Waals surface area contributed by atoms with Gasteiger partial charge in [-0.3, -0.25) is 4.79 Å². The van der Waals surface area contributed by atoms with E-state index in [2.05, 4.69) is 13.8 Å². The van der Waals surface area contributed by atoms with Crippen LogP contribution >= 0.6 is 0 Å². The average Bonchev–Trinajstić information content (AvgIpc) is 2.45. The van der Waals surface area contributed by atoms with Crippen LogP contribution in [0.3, 0.4) is 0 Å². The summed E-state index contributed by atoms with van der Waals surface area (Å²) in [5.74, 6) is 0.128. The molecule has 1 heterocycles. The number of carbonyl (C=O) groups excluding carboxylic acids is 2. The molecule has 0 N–H and O–H groups in total. The number of piperidine rings is 1. The van der Waals surface area contributed by atoms with Crippen molar-refractivity contribution in [3.8, 4) is 0 Å². The van der Waals surface area contributed by atoms with Crippen LogP contribution in [0, 0.1) is 5.92 Å². The topological polar surface area (TPSA) is 49.9 Å². The van der Waals surface area contributed by atoms with E-state index in [1.807, 2.05) is 4.90 Å². The highest BCUT2D eigenvalue weighted by Gasteiger charge is 2.31. The first kappa shape index (κ1) is 15.8. The number of rotatable bonds is 5. The van der Waals surface area contributed by atoms with E-state index in [0.29, 0.717) is 13.1 Å². The zero-order valence-corrected chi connectivity index (χ0v) is 12.4. The van der Waals surface area contributed by atoms with Crippen molar-refractivity contribution in [1.29, 1.82) is 0 Å². The van der Waals surface area contributed by atoms with Gasteiger partial charge in [0.25, 0.3) is 0 Å². The summed E-state index contributed by atoms with van der Waals surface area (Å²) in [6.45, 7) is 6.96. The number of hydrogen-bond donors (Lipinski definition) is 0. The fourth-order valence-corrected chi connectivity index (χ4v) is 2.60. The summed E-state index contributed by atoms with van der Waals surface area (Å²) in [5, 5.41) is 0. The van der Waals surface area contributed by atoms with Crippen LogP contribution in [-0.2, 0) is 9.53 Å². The maximum atomic E-state index is 12.5. The zero-order chi connectivity index (χ0) is 14.3. The third kappa shape index (κ3) is 4.40. The minimum absolute atomic E-state index is 0.0639. The van der Waals surface area contributed by atoms with Crippen molar-refractivity contribution >= 4 is 12.0 Å². The molecule has 0 bridgehead atoms. The van der Waals surface area contributed by atoms with Crippen molar-refractivity contribution in [2.75, 3.05) is 33.3 Å². The highest BCUT2D eigenvalue weighted by atomic mass is 16.5. The van der Waals surface area contributed by atoms with Crippen LogP contribution in [0.15, 0.2) is 0 Å². The summed E-state index contributed by atoms with van der Waals surface area (Å²) in [6, 6.07) is 0. The van der Waals surface area contributed by atoms with Gasteiger partial charge in [-0.15, -0.1) is 0 Å². The van der Waals surface area contributed by atoms with Crippen molar-refractivity contribution in [3.63, 3.8) is 0 Å². The molecule has 0 radical (unpaired) electrons. The first-order valence-electron chi connectivity index (χ1n) is 7.25. The number of nitrogens with zero attached hydrogens (tertiary/aromatic N) is 2. The summed E-state index contributed by atoms with van der Waals surface area (Å²) in [4.78, 5) is 27.6. The molecule has 0 aromatic carbocycles. The Morgan fingerprint density at radius 1 is 1.26 bits per heavy atom. The fourth-order valence-electron chi connectivity index (χ4n) is 2.60. The smallest absolute Gasteiger partial charge is 0.409 e. The number of amides is 2. The van der Waals surface area contributed by atoms with Gasteiger partial charge in [0.15, 0.2) is 0 Å². The predicted octanol–water partition coefficient (Wildman–Crippen LogP) is 2.11. The molecule has 0 aromatic heterocycles. The van der Waals surface area contributed by atoms with Gasteiger partial charge in [0.1, 0.15) is 0 Å². The van der Waals surface area contributed by atoms with E-state index < -0.39 is 0 Å². The van der Waals surface area contributed by atoms with E-state index in [9.17, 15) is 9.59 Å². The van der Waals surface area contributed by atoms with Gasteiger partial charge in [0, 0.05) is 26.2 Å². The minimum atomic E-state index is -0.324. The van der Waals surface area contributed by atoms with E-state index in [0.717, 1.165) is 38.8 Å². The van der Waals surface area contributed by atoms with Crippen molar-refractivity contribution in [2.45, 2.75) is 39.5 Å². The first-order valence-corrected chi connectivity index (χ1v) is 7.25. The molecule has 1 rings (SSSR count). The Morgan fingerprint density at radius 3 is 2.42 bits per heavy atom. The first-order chi connectivity index (χ1) is 9.13. The van der Waals surface area contributed by atoms with Gasteiger partial charge in [-0.25, -0.2) is 4.79 Å². The third-order valence-corrected chi connectivity index (χ3v) is 3.50. The standard InChI is InChI=1S/C14H26N2O3/c1-4-8-15(9-5-2)13(17)12-7-6-10-16(11-12)14(18)19-3/h12H,4-11H2,1-3H3. The van der Waals surface area contributed by atoms with Crippen LogP contribution in [0.2, 0.25) is 0 Å². The molecule has 2 amide bonds. The summed E-state index contributed by atoms with van der Waals surface area (Å²) < 4.78 is 4.74. The van der Waals surface area contributed by atoms with Crippen LogP contribution in [0.4, 0.5) is 4.79 Å². The molecule has 5 nitrogen and oxygen atoms in total. The second kappa shape index (κ2) is 8.02. The largest absolute Gasteiger partial charge is 0.453 e. The van der Waals surface area contributed by atoms with E-state index in [4.69, 9.17) is 4.74 Å². The second-order valence-corrected chi connectivity index (χ2v) is 5.08. The minimum Gasteiger partial charge on any atom is -0.453 e. The molecule has 0 spiro atoms. The van der Waals surface area contributed by atoms with Crippen LogP contribution < -0.4 is 0 Å². The summed E-state index contributed by atoms with van der Waals surface area (Å²) >= 11 is 0. The number of methoxy groups -OCH3 is 1. The number of hydrogen-bond acceptors (Lipinski definition) is 3. The highest BCUT2D eigenvalue weighted by Crippen LogP contribution is 2.19. The van der Waals surface area contributed by atoms with Crippen molar-refractivity contribution in [1.82, 2.24) is 9.80 Å². The van der Waals surface area contributed by atoms with Gasteiger partial charge >= 0.3 is 6.09 Å². The van der Waals surface area contributed by atoms with E-state index >= 15 is 0 Å². The van der Waals surface area contributed by atoms with Crippen LogP contribution in [0.1, 0.15) is 39.5 Å². The lowest BCUT2D eigenvalue weighted by molar-refractivity contribution is -0.137. The molecule has 110 valence electrons. The van der Waals surface area contributed by atoms with Crippen LogP contribution in [0.5, 0.6) is 0 Å². The van der Waals surface area contributed by atoms with Crippen molar-refractivity contribution < 1.29 is 14.3 Å². The van der Waals surface area contributed by atoms with E-state index in [1.54, 1.807) is 4.90 Å². The predicted molar refractivity (Wildman–Crippen MR) is 73.9 cm³/mol. The normalized spacial score (nSPS) is 19.1. The summed E-state index contributed by atoms with van der Waals surface area (Å²) in [5.41, 5.74) is 0. The maximum Gasteiger partial charge on any atom is 0.409 e. The van der Waals surface area contributed by atoms with Gasteiger partial charge in [-0.2, -0.15) is 0 Å². The Bertz CT molecular complexity index is 301. The molecule has 19 heavy (non-hydrogen) atoms. The number of likely N-dealkylation sites (tertiary alicyclic amines) is 1. The fraction of sp³-hybridized carbons (Fsp3) is 0.857. The van der Waals surface area contributed by atoms with Gasteiger partial charge in [-0.05, 0) is 25.7 Å². The molecule has 1 aliphatic heterocycles. The number of carbonyl (C=O) groups is 2. The van der Waals surface area contributed by atoms with Gasteiger partial charge in [0.05, 0.1) is 13.0 Å². The Kier molecular flexibility index (Phi) is 6.67. The van der Waals surface area contributed by atoms with E-state index in [1.165, 1.54) is 7.11 Å². The molecule has 1 fully saturated rings. The molecule has 0 saturated carbocycles. The molecule has 1 atom stereocenters. The molecule has 0 aliphatic carbocycles. The lowest BCUT2D eigenvalue weighted by Crippen LogP contribution is -2.47. The molecular weight excluding hydrogens is 244 g/mol. The quantitative estimate of drug-likeness (QED) is 0.769. The third-order valence-electron chi connectivity index (χ3n) is 3.50. The zero-order valence-electron chi connectivity index (χ0n) is 12.4. The van der Waals surface area contributed by atoms with Gasteiger partial charge in [-0.1, -0.05) is 13.8 Å². The Labute approximate surface area is 115 Å². The Hall–Kier alpha value is -1.26. The lowest BCUT2D eigenvalue weighted by atomic mass is 9.96. The Balaban J connectivity index is 2.61. The lowest BCUT2D eigenvalue weighted by Gasteiger charge is -2.34. The summed E-state index contributed by atoms with van der Waals surface area (Å²) in [7, 11) is 1.38.